The van der Waals surface area contributed by atoms with Crippen LogP contribution in [0.15, 0.2) is 17.0 Å². The molecule has 0 N–H and O–H groups in total. The van der Waals surface area contributed by atoms with Crippen LogP contribution in [0.3, 0.4) is 0 Å². The van der Waals surface area contributed by atoms with Gasteiger partial charge in [-0.1, -0.05) is 6.92 Å². The van der Waals surface area contributed by atoms with Gasteiger partial charge in [-0.25, -0.2) is 13.4 Å². The molecule has 0 radical (unpaired) electrons. The molecule has 0 bridgehead atoms. The monoisotopic (exact) mass is 435 g/mol. The molecule has 1 aromatic heterocycles. The van der Waals surface area contributed by atoms with Crippen molar-refractivity contribution >= 4 is 10.0 Å². The van der Waals surface area contributed by atoms with Crippen LogP contribution in [-0.4, -0.2) is 68.0 Å². The molecule has 1 unspecified atom stereocenters. The third-order valence-electron chi connectivity index (χ3n) is 6.41. The lowest BCUT2D eigenvalue weighted by Crippen LogP contribution is -2.55. The number of aromatic nitrogens is 1. The summed E-state index contributed by atoms with van der Waals surface area (Å²) < 4.78 is 71.2. The maximum atomic E-state index is 13.0. The zero-order chi connectivity index (χ0) is 21.4. The summed E-state index contributed by atoms with van der Waals surface area (Å²) >= 11 is 0. The standard InChI is InChI=1S/C19H28F3N3O3S/c1-14-16(4-5-17(23-14)19(20,21)22)29(26,27)25-10-8-24(9-11-25)15(2)18(3)6-12-28-13-7-18/h4-5,15H,6-13H2,1-3H3. The topological polar surface area (TPSA) is 62.7 Å². The molecule has 6 nitrogen and oxygen atoms in total. The average Bonchev–Trinajstić information content (AvgIpc) is 2.67. The first-order chi connectivity index (χ1) is 13.4. The fourth-order valence-corrected chi connectivity index (χ4v) is 5.73. The highest BCUT2D eigenvalue weighted by atomic mass is 32.2. The summed E-state index contributed by atoms with van der Waals surface area (Å²) in [4.78, 5) is 5.60. The van der Waals surface area contributed by atoms with Crippen LogP contribution in [-0.2, 0) is 20.9 Å². The van der Waals surface area contributed by atoms with Crippen LogP contribution >= 0.6 is 0 Å². The maximum Gasteiger partial charge on any atom is 0.433 e. The van der Waals surface area contributed by atoms with Crippen LogP contribution in [0.2, 0.25) is 0 Å². The zero-order valence-electron chi connectivity index (χ0n) is 17.0. The second kappa shape index (κ2) is 8.13. The fraction of sp³-hybridized carbons (Fsp3) is 0.737. The number of alkyl halides is 3. The number of rotatable bonds is 4. The summed E-state index contributed by atoms with van der Waals surface area (Å²) in [6.07, 6.45) is -2.65. The first kappa shape index (κ1) is 22.5. The van der Waals surface area contributed by atoms with Crippen molar-refractivity contribution < 1.29 is 26.3 Å². The van der Waals surface area contributed by atoms with Crippen LogP contribution in [0.25, 0.3) is 0 Å². The van der Waals surface area contributed by atoms with Crippen molar-refractivity contribution in [3.05, 3.63) is 23.5 Å². The van der Waals surface area contributed by atoms with Crippen molar-refractivity contribution in [2.24, 2.45) is 5.41 Å². The lowest BCUT2D eigenvalue weighted by molar-refractivity contribution is -0.141. The van der Waals surface area contributed by atoms with Gasteiger partial charge in [0, 0.05) is 45.4 Å². The minimum Gasteiger partial charge on any atom is -0.381 e. The Kier molecular flexibility index (Phi) is 6.29. The first-order valence-electron chi connectivity index (χ1n) is 9.82. The van der Waals surface area contributed by atoms with Gasteiger partial charge in [0.15, 0.2) is 0 Å². The molecule has 1 aromatic rings. The van der Waals surface area contributed by atoms with Gasteiger partial charge in [0.05, 0.1) is 5.69 Å². The SMILES string of the molecule is Cc1nc(C(F)(F)F)ccc1S(=O)(=O)N1CCN(C(C)C2(C)CCOCC2)CC1. The molecule has 2 aliphatic heterocycles. The van der Waals surface area contributed by atoms with Crippen LogP contribution < -0.4 is 0 Å². The second-order valence-corrected chi connectivity index (χ2v) is 10.1. The molecule has 164 valence electrons. The minimum absolute atomic E-state index is 0.132. The lowest BCUT2D eigenvalue weighted by Gasteiger charge is -2.47. The van der Waals surface area contributed by atoms with Crippen LogP contribution in [0, 0.1) is 12.3 Å². The highest BCUT2D eigenvalue weighted by Gasteiger charge is 2.39. The average molecular weight is 436 g/mol. The summed E-state index contributed by atoms with van der Waals surface area (Å²) in [5.74, 6) is 0. The highest BCUT2D eigenvalue weighted by molar-refractivity contribution is 7.89. The van der Waals surface area contributed by atoms with Gasteiger partial charge in [-0.3, -0.25) is 4.90 Å². The number of piperazine rings is 1. The van der Waals surface area contributed by atoms with E-state index >= 15 is 0 Å². The zero-order valence-corrected chi connectivity index (χ0v) is 17.8. The number of nitrogens with zero attached hydrogens (tertiary/aromatic N) is 3. The largest absolute Gasteiger partial charge is 0.433 e. The lowest BCUT2D eigenvalue weighted by atomic mass is 9.75. The Hall–Kier alpha value is -1.23. The quantitative estimate of drug-likeness (QED) is 0.728. The van der Waals surface area contributed by atoms with Gasteiger partial charge in [0.1, 0.15) is 10.6 Å². The summed E-state index contributed by atoms with van der Waals surface area (Å²) in [5, 5.41) is 0. The van der Waals surface area contributed by atoms with Crippen LogP contribution in [0.4, 0.5) is 13.2 Å². The third kappa shape index (κ3) is 4.60. The summed E-state index contributed by atoms with van der Waals surface area (Å²) in [6, 6.07) is 2.04. The van der Waals surface area contributed by atoms with Gasteiger partial charge in [0.2, 0.25) is 10.0 Å². The number of hydrogen-bond acceptors (Lipinski definition) is 5. The van der Waals surface area contributed by atoms with Crippen molar-refractivity contribution in [1.29, 1.82) is 0 Å². The number of halogens is 3. The number of ether oxygens (including phenoxy) is 1. The second-order valence-electron chi connectivity index (χ2n) is 8.16. The van der Waals surface area contributed by atoms with E-state index in [4.69, 9.17) is 4.74 Å². The third-order valence-corrected chi connectivity index (χ3v) is 8.44. The number of pyridine rings is 1. The molecule has 29 heavy (non-hydrogen) atoms. The smallest absolute Gasteiger partial charge is 0.381 e. The van der Waals surface area contributed by atoms with E-state index in [1.54, 1.807) is 0 Å². The predicted octanol–water partition coefficient (Wildman–Crippen LogP) is 2.92. The molecule has 1 atom stereocenters. The Labute approximate surface area is 170 Å². The van der Waals surface area contributed by atoms with E-state index in [1.165, 1.54) is 11.2 Å². The molecule has 10 heteroatoms. The molecule has 3 rings (SSSR count). The molecular formula is C19H28F3N3O3S. The van der Waals surface area contributed by atoms with Crippen molar-refractivity contribution in [2.75, 3.05) is 39.4 Å². The number of sulfonamides is 1. The summed E-state index contributed by atoms with van der Waals surface area (Å²) in [7, 11) is -3.89. The van der Waals surface area contributed by atoms with E-state index < -0.39 is 21.9 Å². The number of hydrogen-bond donors (Lipinski definition) is 0. The Balaban J connectivity index is 1.70. The van der Waals surface area contributed by atoms with E-state index in [0.717, 1.165) is 38.2 Å². The highest BCUT2D eigenvalue weighted by Crippen LogP contribution is 2.37. The van der Waals surface area contributed by atoms with E-state index in [1.807, 2.05) is 0 Å². The Bertz CT molecular complexity index is 831. The van der Waals surface area contributed by atoms with E-state index in [0.29, 0.717) is 32.2 Å². The van der Waals surface area contributed by atoms with Crippen LogP contribution in [0.1, 0.15) is 38.1 Å². The van der Waals surface area contributed by atoms with E-state index in [-0.39, 0.29) is 16.0 Å². The van der Waals surface area contributed by atoms with Crippen molar-refractivity contribution in [1.82, 2.24) is 14.2 Å². The summed E-state index contributed by atoms with van der Waals surface area (Å²) in [6.45, 7) is 9.00. The predicted molar refractivity (Wildman–Crippen MR) is 102 cm³/mol. The Morgan fingerprint density at radius 1 is 1.14 bits per heavy atom. The van der Waals surface area contributed by atoms with Gasteiger partial charge in [-0.2, -0.15) is 17.5 Å². The molecule has 0 aliphatic carbocycles. The molecule has 0 amide bonds. The number of aryl methyl sites for hydroxylation is 1. The first-order valence-corrected chi connectivity index (χ1v) is 11.3. The van der Waals surface area contributed by atoms with Gasteiger partial charge in [0.25, 0.3) is 0 Å². The van der Waals surface area contributed by atoms with E-state index in [9.17, 15) is 21.6 Å². The van der Waals surface area contributed by atoms with Crippen molar-refractivity contribution in [3.8, 4) is 0 Å². The molecule has 0 aromatic carbocycles. The Morgan fingerprint density at radius 3 is 2.24 bits per heavy atom. The van der Waals surface area contributed by atoms with E-state index in [2.05, 4.69) is 23.7 Å². The van der Waals surface area contributed by atoms with Gasteiger partial charge < -0.3 is 4.74 Å². The summed E-state index contributed by atoms with van der Waals surface area (Å²) in [5.41, 5.74) is -1.09. The normalized spacial score (nSPS) is 23.1. The van der Waals surface area contributed by atoms with Gasteiger partial charge in [-0.05, 0) is 44.2 Å². The fourth-order valence-electron chi connectivity index (χ4n) is 4.15. The molecule has 2 aliphatic rings. The molecule has 2 fully saturated rings. The molecule has 2 saturated heterocycles. The van der Waals surface area contributed by atoms with Crippen molar-refractivity contribution in [3.63, 3.8) is 0 Å². The minimum atomic E-state index is -4.60. The molecule has 0 spiro atoms. The van der Waals surface area contributed by atoms with Crippen molar-refractivity contribution in [2.45, 2.75) is 50.7 Å². The maximum absolute atomic E-state index is 13.0. The molecule has 3 heterocycles. The van der Waals surface area contributed by atoms with Gasteiger partial charge in [-0.15, -0.1) is 0 Å². The molecule has 0 saturated carbocycles. The van der Waals surface area contributed by atoms with Crippen LogP contribution in [0.5, 0.6) is 0 Å². The Morgan fingerprint density at radius 2 is 1.72 bits per heavy atom. The van der Waals surface area contributed by atoms with Gasteiger partial charge >= 0.3 is 6.18 Å². The molecular weight excluding hydrogens is 407 g/mol.